The van der Waals surface area contributed by atoms with Crippen LogP contribution in [-0.4, -0.2) is 21.1 Å². The van der Waals surface area contributed by atoms with Crippen LogP contribution >= 0.6 is 0 Å². The summed E-state index contributed by atoms with van der Waals surface area (Å²) in [4.78, 5) is 9.38. The molecule has 79 heavy (non-hydrogen) atoms. The molecule has 1 aliphatic heterocycles. The van der Waals surface area contributed by atoms with Gasteiger partial charge >= 0.3 is 414 Å². The van der Waals surface area contributed by atoms with Crippen LogP contribution in [0, 0.1) is 24.4 Å². The van der Waals surface area contributed by atoms with Crippen molar-refractivity contribution in [2.45, 2.75) is 72.9 Å². The van der Waals surface area contributed by atoms with Gasteiger partial charge in [0.25, 0.3) is 0 Å². The maximum atomic E-state index is 9.52. The number of ether oxygens (including phenoxy) is 1. The number of imidazole rings is 1. The number of anilines is 4. The van der Waals surface area contributed by atoms with Gasteiger partial charge in [-0.05, 0) is 18.2 Å². The second-order valence-corrected chi connectivity index (χ2v) is 22.9. The van der Waals surface area contributed by atoms with Gasteiger partial charge in [0.2, 0.25) is 0 Å². The summed E-state index contributed by atoms with van der Waals surface area (Å²) in [6, 6.07) is 56.3. The number of benzene rings is 9. The molecule has 11 aromatic rings. The number of hydrogen-bond donors (Lipinski definition) is 0. The van der Waals surface area contributed by atoms with Gasteiger partial charge in [0.15, 0.2) is 0 Å². The van der Waals surface area contributed by atoms with Gasteiger partial charge in [-0.2, -0.15) is 0 Å². The first kappa shape index (κ1) is 37.5. The zero-order chi connectivity index (χ0) is 66.6. The van der Waals surface area contributed by atoms with Gasteiger partial charge in [-0.1, -0.05) is 60.7 Å². The zero-order valence-corrected chi connectivity index (χ0v) is 46.8. The summed E-state index contributed by atoms with van der Waals surface area (Å²) in [5.41, 5.74) is 7.85. The Morgan fingerprint density at radius 3 is 1.76 bits per heavy atom. The number of aryl methyl sites for hydroxylation is 3. The van der Waals surface area contributed by atoms with E-state index in [2.05, 4.69) is 71.8 Å². The topological polar surface area (TPSA) is 38.5 Å². The van der Waals surface area contributed by atoms with E-state index in [1.54, 1.807) is 48.5 Å². The Morgan fingerprint density at radius 2 is 1.09 bits per heavy atom. The molecule has 0 fully saturated rings. The average Bonchev–Trinajstić information content (AvgIpc) is 1.70. The van der Waals surface area contributed by atoms with E-state index in [-0.39, 0.29) is 45.3 Å². The first-order chi connectivity index (χ1) is 43.8. The standard InChI is InChI=1S/C71H64BN5O.Pt/c1-48-37-61(51-26-13-10-14-27-51)69(62(38-48)52-41-54(70(4,5)6)45-55(42-52)71(7,8)9)75-47-74(63-33-21-22-34-64(63)75)58-43-53(60-32-20-19-25-50(60)3)44-59(46-58)78-68-40-49(2)39-67(73-68)77-66-36-24-23-35-65(66)76(57-30-17-12-18-31-57)72(77)56-28-15-11-16-29-56;/h10-46H,1-9H3;/i1D3,2D3,3D3,10D,13D,14D,26D,27D;. The normalized spacial score (nSPS) is 15.7. The Hall–Kier alpha value is -8.25. The van der Waals surface area contributed by atoms with Crippen LogP contribution in [0.4, 0.5) is 22.9 Å². The molecule has 0 N–H and O–H groups in total. The van der Waals surface area contributed by atoms with Crippen LogP contribution in [-0.2, 0) is 30.2 Å². The van der Waals surface area contributed by atoms with E-state index in [4.69, 9.17) is 26.2 Å². The third-order valence-electron chi connectivity index (χ3n) is 14.5. The van der Waals surface area contributed by atoms with Crippen molar-refractivity contribution >= 4 is 46.4 Å². The van der Waals surface area contributed by atoms with Gasteiger partial charge in [0.05, 0.1) is 0 Å². The number of fused-ring (bicyclic) bond motifs is 2. The molecule has 0 aliphatic carbocycles. The molecule has 8 heteroatoms. The van der Waals surface area contributed by atoms with Crippen molar-refractivity contribution in [2.75, 3.05) is 9.62 Å². The summed E-state index contributed by atoms with van der Waals surface area (Å²) in [7, 11) is 0. The quantitative estimate of drug-likeness (QED) is 0.128. The van der Waals surface area contributed by atoms with Crippen LogP contribution in [0.2, 0.25) is 0 Å². The number of hydrogen-bond acceptors (Lipinski definition) is 4. The summed E-state index contributed by atoms with van der Waals surface area (Å²) in [5, 5.41) is 0. The molecular formula is C71H64BN5OPt. The summed E-state index contributed by atoms with van der Waals surface area (Å²) < 4.78 is 137. The Morgan fingerprint density at radius 1 is 0.506 bits per heavy atom. The third kappa shape index (κ3) is 9.80. The molecule has 1 aliphatic rings. The molecule has 392 valence electrons. The van der Waals surface area contributed by atoms with Crippen molar-refractivity contribution in [2.24, 2.45) is 0 Å². The molecule has 0 atom stereocenters. The van der Waals surface area contributed by atoms with Gasteiger partial charge in [-0.15, -0.1) is 0 Å². The van der Waals surface area contributed by atoms with Crippen LogP contribution in [0.15, 0.2) is 224 Å². The summed E-state index contributed by atoms with van der Waals surface area (Å²) >= 11 is 2.18. The minimum atomic E-state index is -2.75. The molecule has 2 aromatic heterocycles. The Labute approximate surface area is 496 Å². The number of aromatic nitrogens is 3. The predicted octanol–water partition coefficient (Wildman–Crippen LogP) is 17.9. The number of pyridine rings is 1. The van der Waals surface area contributed by atoms with Crippen molar-refractivity contribution < 1.29 is 43.3 Å². The van der Waals surface area contributed by atoms with Crippen LogP contribution < -0.4 is 19.8 Å². The molecule has 0 amide bonds. The molecule has 0 bridgehead atoms. The van der Waals surface area contributed by atoms with E-state index in [1.165, 1.54) is 12.1 Å². The fraction of sp³-hybridized carbons (Fsp3) is 0.155. The molecular weight excluding hydrogens is 1140 g/mol. The molecule has 0 saturated carbocycles. The monoisotopic (exact) mass is 1220 g/mol. The van der Waals surface area contributed by atoms with E-state index in [9.17, 15) is 2.74 Å². The molecule has 12 rings (SSSR count). The SMILES string of the molecule is [2H]c1c([2H])c([2H])c(-c2cc(C([2H])([2H])[2H])cc(-c3cc(C(C)(C)C)cc(C(C)(C)C)c3)c2-n2[c](=[Pt])n(-c3cc(Oc4cc(C([2H])([2H])[2H])cc(N5B(c6ccccc6)N(c6ccccc6)c6ccccc65)n4)cc(-c4ccccc4C([2H])([2H])[2H])c3)c3ccccc32)c([2H])c1[2H]. The molecule has 0 saturated heterocycles. The van der Waals surface area contributed by atoms with Gasteiger partial charge < -0.3 is 0 Å². The molecule has 0 radical (unpaired) electrons. The number of rotatable bonds is 10. The maximum absolute atomic E-state index is 9.52. The van der Waals surface area contributed by atoms with E-state index in [1.807, 2.05) is 141 Å². The van der Waals surface area contributed by atoms with Crippen molar-refractivity contribution in [3.05, 3.63) is 256 Å². The van der Waals surface area contributed by atoms with Crippen LogP contribution in [0.1, 0.15) is 88.6 Å². The Kier molecular flexibility index (Phi) is 9.75. The molecule has 0 unspecified atom stereocenters. The van der Waals surface area contributed by atoms with E-state index >= 15 is 0 Å². The van der Waals surface area contributed by atoms with E-state index in [0.717, 1.165) is 33.7 Å². The molecule has 9 aromatic carbocycles. The first-order valence-corrected chi connectivity index (χ1v) is 27.3. The van der Waals surface area contributed by atoms with Crippen LogP contribution in [0.3, 0.4) is 0 Å². The Balaban J connectivity index is 1.15. The second kappa shape index (κ2) is 20.5. The average molecular weight is 1220 g/mol. The summed E-state index contributed by atoms with van der Waals surface area (Å²) in [6.45, 7) is 4.01. The van der Waals surface area contributed by atoms with Gasteiger partial charge in [0, 0.05) is 5.69 Å². The Bertz CT molecular complexity index is 4760. The van der Waals surface area contributed by atoms with Crippen LogP contribution in [0.25, 0.3) is 55.8 Å². The minimum absolute atomic E-state index is 0.0529. The second-order valence-electron chi connectivity index (χ2n) is 21.9. The fourth-order valence-electron chi connectivity index (χ4n) is 10.6. The van der Waals surface area contributed by atoms with Crippen LogP contribution in [0.5, 0.6) is 11.6 Å². The molecule has 6 nitrogen and oxygen atoms in total. The van der Waals surface area contributed by atoms with Crippen molar-refractivity contribution in [1.29, 1.82) is 0 Å². The van der Waals surface area contributed by atoms with Crippen molar-refractivity contribution in [3.8, 4) is 56.4 Å². The molecule has 3 heterocycles. The van der Waals surface area contributed by atoms with Gasteiger partial charge in [-0.25, -0.2) is 0 Å². The number of nitrogens with zero attached hydrogens (tertiary/aromatic N) is 5. The summed E-state index contributed by atoms with van der Waals surface area (Å²) in [6.07, 6.45) is 0. The fourth-order valence-corrected chi connectivity index (χ4v) is 11.7. The van der Waals surface area contributed by atoms with E-state index < -0.39 is 68.6 Å². The third-order valence-corrected chi connectivity index (χ3v) is 15.5. The van der Waals surface area contributed by atoms with Crippen molar-refractivity contribution in [1.82, 2.24) is 14.1 Å². The van der Waals surface area contributed by atoms with Gasteiger partial charge in [-0.3, -0.25) is 0 Å². The van der Waals surface area contributed by atoms with Gasteiger partial charge in [0.1, 0.15) is 0 Å². The van der Waals surface area contributed by atoms with Crippen molar-refractivity contribution in [3.63, 3.8) is 0 Å². The first-order valence-electron chi connectivity index (χ1n) is 33.1. The predicted molar refractivity (Wildman–Crippen MR) is 327 cm³/mol. The van der Waals surface area contributed by atoms with E-state index in [0.29, 0.717) is 48.5 Å². The molecule has 0 spiro atoms. The zero-order valence-electron chi connectivity index (χ0n) is 58.5. The summed E-state index contributed by atoms with van der Waals surface area (Å²) in [5.74, 6) is 0.338. The number of para-hydroxylation sites is 5.